The summed E-state index contributed by atoms with van der Waals surface area (Å²) in [6, 6.07) is 7.85. The average Bonchev–Trinajstić information content (AvgIpc) is 3.22. The zero-order valence-electron chi connectivity index (χ0n) is 16.8. The molecule has 1 saturated heterocycles. The first-order chi connectivity index (χ1) is 15.3. The lowest BCUT2D eigenvalue weighted by Gasteiger charge is -2.31. The maximum absolute atomic E-state index is 13.0. The molecule has 1 fully saturated rings. The number of imidazole rings is 1. The van der Waals surface area contributed by atoms with Crippen molar-refractivity contribution in [3.05, 3.63) is 72.7 Å². The van der Waals surface area contributed by atoms with Gasteiger partial charge in [-0.05, 0) is 23.8 Å². The van der Waals surface area contributed by atoms with E-state index in [4.69, 9.17) is 4.74 Å². The number of carbonyl (C=O) groups is 1. The fourth-order valence-corrected chi connectivity index (χ4v) is 3.72. The Labute approximate surface area is 178 Å². The lowest BCUT2D eigenvalue weighted by molar-refractivity contribution is 0.0578. The molecular formula is C22H21N7O2. The van der Waals surface area contributed by atoms with Crippen LogP contribution < -0.4 is 4.74 Å². The first-order valence-corrected chi connectivity index (χ1v) is 10.2. The molecule has 5 rings (SSSR count). The highest BCUT2D eigenvalue weighted by atomic mass is 16.5. The minimum Gasteiger partial charge on any atom is -0.460 e. The highest BCUT2D eigenvalue weighted by Gasteiger charge is 2.25. The van der Waals surface area contributed by atoms with Crippen LogP contribution in [0.1, 0.15) is 28.8 Å². The van der Waals surface area contributed by atoms with E-state index < -0.39 is 0 Å². The quantitative estimate of drug-likeness (QED) is 0.493. The van der Waals surface area contributed by atoms with Crippen molar-refractivity contribution in [1.82, 2.24) is 34.4 Å². The monoisotopic (exact) mass is 415 g/mol. The van der Waals surface area contributed by atoms with Crippen LogP contribution in [-0.2, 0) is 6.54 Å². The summed E-state index contributed by atoms with van der Waals surface area (Å²) in [7, 11) is 0. The molecule has 0 radical (unpaired) electrons. The van der Waals surface area contributed by atoms with E-state index in [9.17, 15) is 4.79 Å². The number of amides is 1. The van der Waals surface area contributed by atoms with Crippen molar-refractivity contribution in [3.63, 3.8) is 0 Å². The van der Waals surface area contributed by atoms with Gasteiger partial charge in [-0.1, -0.05) is 6.07 Å². The number of rotatable bonds is 5. The van der Waals surface area contributed by atoms with Crippen molar-refractivity contribution >= 4 is 17.1 Å². The first kappa shape index (κ1) is 19.1. The summed E-state index contributed by atoms with van der Waals surface area (Å²) >= 11 is 0. The van der Waals surface area contributed by atoms with Gasteiger partial charge in [-0.2, -0.15) is 0 Å². The van der Waals surface area contributed by atoms with E-state index in [0.29, 0.717) is 36.7 Å². The molecule has 1 amide bonds. The van der Waals surface area contributed by atoms with Crippen LogP contribution in [-0.4, -0.2) is 59.5 Å². The Morgan fingerprint density at radius 1 is 1.03 bits per heavy atom. The zero-order chi connectivity index (χ0) is 21.0. The molecule has 0 aliphatic carbocycles. The van der Waals surface area contributed by atoms with E-state index in [1.807, 2.05) is 33.9 Å². The molecule has 156 valence electrons. The smallest absolute Gasteiger partial charge is 0.316 e. The number of nitrogens with zero attached hydrogens (tertiary/aromatic N) is 7. The zero-order valence-corrected chi connectivity index (χ0v) is 16.8. The minimum absolute atomic E-state index is 0.00947. The molecule has 4 aromatic heterocycles. The Morgan fingerprint density at radius 2 is 1.87 bits per heavy atom. The van der Waals surface area contributed by atoms with Crippen LogP contribution in [0.3, 0.4) is 0 Å². The maximum Gasteiger partial charge on any atom is 0.316 e. The van der Waals surface area contributed by atoms with Crippen molar-refractivity contribution in [2.45, 2.75) is 25.5 Å². The second-order valence-electron chi connectivity index (χ2n) is 7.44. The van der Waals surface area contributed by atoms with Gasteiger partial charge < -0.3 is 14.2 Å². The van der Waals surface area contributed by atoms with Crippen LogP contribution >= 0.6 is 0 Å². The molecule has 9 nitrogen and oxygen atoms in total. The molecule has 5 heterocycles. The number of piperidine rings is 1. The van der Waals surface area contributed by atoms with Gasteiger partial charge in [0.05, 0.1) is 18.4 Å². The van der Waals surface area contributed by atoms with Crippen molar-refractivity contribution in [2.24, 2.45) is 0 Å². The number of carbonyl (C=O) groups excluding carboxylic acids is 1. The lowest BCUT2D eigenvalue weighted by Crippen LogP contribution is -2.42. The van der Waals surface area contributed by atoms with Gasteiger partial charge in [-0.3, -0.25) is 9.78 Å². The molecule has 9 heteroatoms. The Balaban J connectivity index is 1.24. The first-order valence-electron chi connectivity index (χ1n) is 10.2. The summed E-state index contributed by atoms with van der Waals surface area (Å²) in [6.07, 6.45) is 11.7. The number of likely N-dealkylation sites (tertiary alicyclic amines) is 1. The van der Waals surface area contributed by atoms with Crippen molar-refractivity contribution in [2.75, 3.05) is 13.1 Å². The molecule has 0 aromatic carbocycles. The fraction of sp³-hybridized carbons (Fsp3) is 0.273. The van der Waals surface area contributed by atoms with Gasteiger partial charge >= 0.3 is 6.01 Å². The Kier molecular flexibility index (Phi) is 5.22. The molecule has 0 atom stereocenters. The molecule has 1 aliphatic rings. The van der Waals surface area contributed by atoms with E-state index in [2.05, 4.69) is 24.9 Å². The predicted molar refractivity (Wildman–Crippen MR) is 112 cm³/mol. The van der Waals surface area contributed by atoms with Gasteiger partial charge in [-0.25, -0.2) is 19.9 Å². The molecule has 1 aliphatic heterocycles. The van der Waals surface area contributed by atoms with Crippen LogP contribution in [0.25, 0.3) is 11.2 Å². The molecule has 0 spiro atoms. The third kappa shape index (κ3) is 4.20. The highest BCUT2D eigenvalue weighted by molar-refractivity contribution is 5.96. The van der Waals surface area contributed by atoms with E-state index in [0.717, 1.165) is 24.1 Å². The maximum atomic E-state index is 13.0. The topological polar surface area (TPSA) is 98.9 Å². The summed E-state index contributed by atoms with van der Waals surface area (Å²) in [4.78, 5) is 36.1. The molecule has 0 saturated carbocycles. The second-order valence-corrected chi connectivity index (χ2v) is 7.44. The summed E-state index contributed by atoms with van der Waals surface area (Å²) in [6.45, 7) is 1.86. The van der Waals surface area contributed by atoms with E-state index in [1.165, 1.54) is 0 Å². The molecule has 31 heavy (non-hydrogen) atoms. The lowest BCUT2D eigenvalue weighted by atomic mass is 10.1. The van der Waals surface area contributed by atoms with Gasteiger partial charge in [0.1, 0.15) is 11.6 Å². The normalized spacial score (nSPS) is 14.6. The molecule has 0 unspecified atom stereocenters. The predicted octanol–water partition coefficient (Wildman–Crippen LogP) is 2.35. The van der Waals surface area contributed by atoms with Gasteiger partial charge in [-0.15, -0.1) is 0 Å². The van der Waals surface area contributed by atoms with Crippen LogP contribution in [0.5, 0.6) is 6.01 Å². The highest BCUT2D eigenvalue weighted by Crippen LogP contribution is 2.19. The van der Waals surface area contributed by atoms with E-state index in [-0.39, 0.29) is 12.0 Å². The molecule has 4 aromatic rings. The summed E-state index contributed by atoms with van der Waals surface area (Å²) in [5.74, 6) is -0.0365. The standard InChI is InChI=1S/C22H21N7O2/c30-21(28-9-4-18(5-10-28)31-22-24-7-2-8-25-22)17-11-19-20(26-13-17)29(15-27-19)14-16-3-1-6-23-12-16/h1-3,6-8,11-13,15,18H,4-5,9-10,14H2. The Morgan fingerprint density at radius 3 is 2.65 bits per heavy atom. The van der Waals surface area contributed by atoms with Crippen molar-refractivity contribution in [3.8, 4) is 6.01 Å². The fourth-order valence-electron chi connectivity index (χ4n) is 3.72. The molecule has 0 bridgehead atoms. The number of hydrogen-bond acceptors (Lipinski definition) is 7. The third-order valence-corrected chi connectivity index (χ3v) is 5.32. The van der Waals surface area contributed by atoms with Gasteiger partial charge in [0.15, 0.2) is 5.65 Å². The largest absolute Gasteiger partial charge is 0.460 e. The molecule has 0 N–H and O–H groups in total. The van der Waals surface area contributed by atoms with Gasteiger partial charge in [0, 0.05) is 56.9 Å². The molecular weight excluding hydrogens is 394 g/mol. The Bertz CT molecular complexity index is 1170. The van der Waals surface area contributed by atoms with Gasteiger partial charge in [0.2, 0.25) is 0 Å². The number of hydrogen-bond donors (Lipinski definition) is 0. The van der Waals surface area contributed by atoms with Crippen LogP contribution in [0.4, 0.5) is 0 Å². The van der Waals surface area contributed by atoms with Crippen LogP contribution in [0.15, 0.2) is 61.6 Å². The van der Waals surface area contributed by atoms with Crippen molar-refractivity contribution in [1.29, 1.82) is 0 Å². The number of aromatic nitrogens is 6. The van der Waals surface area contributed by atoms with Gasteiger partial charge in [0.25, 0.3) is 5.91 Å². The minimum atomic E-state index is -0.0365. The van der Waals surface area contributed by atoms with Crippen LogP contribution in [0, 0.1) is 0 Å². The number of fused-ring (bicyclic) bond motifs is 1. The van der Waals surface area contributed by atoms with Crippen molar-refractivity contribution < 1.29 is 9.53 Å². The average molecular weight is 415 g/mol. The SMILES string of the molecule is O=C(c1cnc2c(c1)ncn2Cc1cccnc1)N1CCC(Oc2ncccn2)CC1. The number of pyridine rings is 2. The van der Waals surface area contributed by atoms with E-state index in [1.54, 1.807) is 37.2 Å². The number of ether oxygens (including phenoxy) is 1. The second kappa shape index (κ2) is 8.47. The van der Waals surface area contributed by atoms with Crippen LogP contribution in [0.2, 0.25) is 0 Å². The summed E-state index contributed by atoms with van der Waals surface area (Å²) in [5, 5.41) is 0. The van der Waals surface area contributed by atoms with E-state index >= 15 is 0 Å². The third-order valence-electron chi connectivity index (χ3n) is 5.32. The summed E-state index contributed by atoms with van der Waals surface area (Å²) in [5.41, 5.74) is 3.06. The Hall–Kier alpha value is -3.88. The summed E-state index contributed by atoms with van der Waals surface area (Å²) < 4.78 is 7.76.